The lowest BCUT2D eigenvalue weighted by molar-refractivity contribution is 0.0730. The lowest BCUT2D eigenvalue weighted by Crippen LogP contribution is -2.30. The molecule has 18 heavy (non-hydrogen) atoms. The molecular weight excluding hydrogens is 300 g/mol. The van der Waals surface area contributed by atoms with Crippen LogP contribution in [-0.4, -0.2) is 32.8 Å². The number of alkyl halides is 3. The molecule has 0 saturated heterocycles. The van der Waals surface area contributed by atoms with Gasteiger partial charge in [0.15, 0.2) is 11.9 Å². The van der Waals surface area contributed by atoms with Gasteiger partial charge in [-0.2, -0.15) is 0 Å². The van der Waals surface area contributed by atoms with Gasteiger partial charge in [-0.3, -0.25) is 4.79 Å². The average Bonchev–Trinajstić information content (AvgIpc) is 2.77. The van der Waals surface area contributed by atoms with Crippen molar-refractivity contribution >= 4 is 40.7 Å². The molecule has 0 aliphatic heterocycles. The van der Waals surface area contributed by atoms with Gasteiger partial charge in [0.1, 0.15) is 5.76 Å². The molecule has 1 rings (SSSR count). The van der Waals surface area contributed by atoms with Gasteiger partial charge in [0.25, 0.3) is 5.91 Å². The van der Waals surface area contributed by atoms with Gasteiger partial charge in [-0.15, -0.1) is 0 Å². The number of halogens is 3. The summed E-state index contributed by atoms with van der Waals surface area (Å²) in [5.74, 6) is -0.102. The number of furan rings is 1. The maximum absolute atomic E-state index is 11.9. The summed E-state index contributed by atoms with van der Waals surface area (Å²) in [4.78, 5) is 13.5. The highest BCUT2D eigenvalue weighted by molar-refractivity contribution is 6.67. The lowest BCUT2D eigenvalue weighted by Gasteiger charge is -2.18. The fourth-order valence-corrected chi connectivity index (χ4v) is 1.77. The second-order valence-corrected chi connectivity index (χ2v) is 5.99. The Bertz CT molecular complexity index is 410. The second kappa shape index (κ2) is 6.15. The standard InChI is InChI=1S/C11H14Cl3NO3/c1-3-15(4-2)10(17)8-6-5-7(18-8)9(16)11(12,13)14/h5-6,9,16H,3-4H2,1-2H3/t9-/m0/s1. The fraction of sp³-hybridized carbons (Fsp3) is 0.545. The van der Waals surface area contributed by atoms with E-state index in [1.165, 1.54) is 12.1 Å². The monoisotopic (exact) mass is 313 g/mol. The van der Waals surface area contributed by atoms with Gasteiger partial charge >= 0.3 is 0 Å². The maximum atomic E-state index is 11.9. The van der Waals surface area contributed by atoms with Crippen LogP contribution in [0.4, 0.5) is 0 Å². The minimum atomic E-state index is -1.90. The molecule has 1 amide bonds. The van der Waals surface area contributed by atoms with E-state index in [1.54, 1.807) is 4.90 Å². The van der Waals surface area contributed by atoms with E-state index in [-0.39, 0.29) is 17.4 Å². The van der Waals surface area contributed by atoms with E-state index in [9.17, 15) is 9.90 Å². The van der Waals surface area contributed by atoms with Gasteiger partial charge < -0.3 is 14.4 Å². The summed E-state index contributed by atoms with van der Waals surface area (Å²) in [7, 11) is 0. The number of carbonyl (C=O) groups is 1. The first kappa shape index (κ1) is 15.6. The van der Waals surface area contributed by atoms with Gasteiger partial charge in [-0.25, -0.2) is 0 Å². The molecule has 1 aromatic heterocycles. The van der Waals surface area contributed by atoms with Crippen molar-refractivity contribution in [1.82, 2.24) is 4.90 Å². The highest BCUT2D eigenvalue weighted by atomic mass is 35.6. The second-order valence-electron chi connectivity index (χ2n) is 3.62. The Morgan fingerprint density at radius 2 is 1.94 bits per heavy atom. The number of amides is 1. The minimum Gasteiger partial charge on any atom is -0.453 e. The van der Waals surface area contributed by atoms with E-state index >= 15 is 0 Å². The molecule has 1 atom stereocenters. The van der Waals surface area contributed by atoms with E-state index in [0.717, 1.165) is 0 Å². The first-order chi connectivity index (χ1) is 8.31. The van der Waals surface area contributed by atoms with Crippen LogP contribution in [0, 0.1) is 0 Å². The molecule has 0 radical (unpaired) electrons. The Morgan fingerprint density at radius 1 is 1.39 bits per heavy atom. The molecule has 0 aliphatic rings. The molecule has 102 valence electrons. The molecule has 0 aliphatic carbocycles. The van der Waals surface area contributed by atoms with Crippen molar-refractivity contribution in [2.45, 2.75) is 23.7 Å². The predicted molar refractivity (Wildman–Crippen MR) is 71.2 cm³/mol. The van der Waals surface area contributed by atoms with Crippen molar-refractivity contribution in [1.29, 1.82) is 0 Å². The zero-order chi connectivity index (χ0) is 13.9. The van der Waals surface area contributed by atoms with Crippen molar-refractivity contribution in [3.63, 3.8) is 0 Å². The number of aliphatic hydroxyl groups excluding tert-OH is 1. The number of nitrogens with zero attached hydrogens (tertiary/aromatic N) is 1. The third-order valence-electron chi connectivity index (χ3n) is 2.47. The van der Waals surface area contributed by atoms with E-state index < -0.39 is 9.90 Å². The van der Waals surface area contributed by atoms with Crippen molar-refractivity contribution in [2.24, 2.45) is 0 Å². The summed E-state index contributed by atoms with van der Waals surface area (Å²) in [6.07, 6.45) is -1.42. The molecule has 4 nitrogen and oxygen atoms in total. The third-order valence-corrected chi connectivity index (χ3v) is 3.09. The van der Waals surface area contributed by atoms with Crippen molar-refractivity contribution in [3.05, 3.63) is 23.7 Å². The van der Waals surface area contributed by atoms with E-state index in [1.807, 2.05) is 13.8 Å². The van der Waals surface area contributed by atoms with Crippen LogP contribution < -0.4 is 0 Å². The number of aliphatic hydroxyl groups is 1. The lowest BCUT2D eigenvalue weighted by atomic mass is 10.3. The minimum absolute atomic E-state index is 0.0468. The molecule has 0 aromatic carbocycles. The molecular formula is C11H14Cl3NO3. The summed E-state index contributed by atoms with van der Waals surface area (Å²) in [5.41, 5.74) is 0. The van der Waals surface area contributed by atoms with E-state index in [0.29, 0.717) is 13.1 Å². The summed E-state index contributed by atoms with van der Waals surface area (Å²) in [6, 6.07) is 2.87. The SMILES string of the molecule is CCN(CC)C(=O)c1ccc([C@H](O)C(Cl)(Cl)Cl)o1. The summed E-state index contributed by atoms with van der Waals surface area (Å²) in [5, 5.41) is 9.69. The van der Waals surface area contributed by atoms with Crippen molar-refractivity contribution < 1.29 is 14.3 Å². The van der Waals surface area contributed by atoms with Crippen LogP contribution in [0.25, 0.3) is 0 Å². The first-order valence-electron chi connectivity index (χ1n) is 5.45. The van der Waals surface area contributed by atoms with Crippen LogP contribution in [0.15, 0.2) is 16.5 Å². The van der Waals surface area contributed by atoms with Crippen molar-refractivity contribution in [2.75, 3.05) is 13.1 Å². The Hall–Kier alpha value is -0.420. The third kappa shape index (κ3) is 3.54. The van der Waals surface area contributed by atoms with Gasteiger partial charge in [-0.05, 0) is 26.0 Å². The largest absolute Gasteiger partial charge is 0.453 e. The molecule has 0 saturated carbocycles. The highest BCUT2D eigenvalue weighted by Crippen LogP contribution is 2.40. The van der Waals surface area contributed by atoms with Gasteiger partial charge in [0.2, 0.25) is 3.79 Å². The molecule has 0 unspecified atom stereocenters. The zero-order valence-corrected chi connectivity index (χ0v) is 12.3. The van der Waals surface area contributed by atoms with Crippen LogP contribution in [0.3, 0.4) is 0 Å². The Labute approximate surface area is 120 Å². The number of carbonyl (C=O) groups excluding carboxylic acids is 1. The van der Waals surface area contributed by atoms with Gasteiger partial charge in [-0.1, -0.05) is 34.8 Å². The van der Waals surface area contributed by atoms with Crippen LogP contribution in [0.5, 0.6) is 0 Å². The quantitative estimate of drug-likeness (QED) is 0.869. The normalized spacial score (nSPS) is 13.4. The molecule has 0 fully saturated rings. The number of rotatable bonds is 4. The Balaban J connectivity index is 2.90. The van der Waals surface area contributed by atoms with E-state index in [4.69, 9.17) is 39.2 Å². The fourth-order valence-electron chi connectivity index (χ4n) is 1.44. The Kier molecular flexibility index (Phi) is 5.34. The summed E-state index contributed by atoms with van der Waals surface area (Å²) < 4.78 is 3.33. The molecule has 0 spiro atoms. The van der Waals surface area contributed by atoms with Crippen LogP contribution in [-0.2, 0) is 0 Å². The predicted octanol–water partition coefficient (Wildman–Crippen LogP) is 3.17. The van der Waals surface area contributed by atoms with Crippen LogP contribution in [0.2, 0.25) is 0 Å². The molecule has 1 N–H and O–H groups in total. The van der Waals surface area contributed by atoms with Crippen LogP contribution >= 0.6 is 34.8 Å². The number of hydrogen-bond donors (Lipinski definition) is 1. The van der Waals surface area contributed by atoms with Gasteiger partial charge in [0, 0.05) is 13.1 Å². The Morgan fingerprint density at radius 3 is 2.39 bits per heavy atom. The average molecular weight is 315 g/mol. The summed E-state index contributed by atoms with van der Waals surface area (Å²) >= 11 is 16.6. The molecule has 1 heterocycles. The highest BCUT2D eigenvalue weighted by Gasteiger charge is 2.35. The zero-order valence-electron chi connectivity index (χ0n) is 9.99. The topological polar surface area (TPSA) is 53.7 Å². The number of hydrogen-bond acceptors (Lipinski definition) is 3. The molecule has 1 aromatic rings. The van der Waals surface area contributed by atoms with Crippen molar-refractivity contribution in [3.8, 4) is 0 Å². The van der Waals surface area contributed by atoms with E-state index in [2.05, 4.69) is 0 Å². The summed E-state index contributed by atoms with van der Waals surface area (Å²) in [6.45, 7) is 4.86. The maximum Gasteiger partial charge on any atom is 0.289 e. The molecule has 7 heteroatoms. The smallest absolute Gasteiger partial charge is 0.289 e. The first-order valence-corrected chi connectivity index (χ1v) is 6.58. The van der Waals surface area contributed by atoms with Gasteiger partial charge in [0.05, 0.1) is 0 Å². The molecule has 0 bridgehead atoms. The van der Waals surface area contributed by atoms with Crippen LogP contribution in [0.1, 0.15) is 36.3 Å².